The number of hydrogen-bond donors (Lipinski definition) is 1. The van der Waals surface area contributed by atoms with E-state index in [1.165, 1.54) is 0 Å². The topological polar surface area (TPSA) is 46.9 Å². The van der Waals surface area contributed by atoms with Crippen molar-refractivity contribution in [1.29, 1.82) is 0 Å². The van der Waals surface area contributed by atoms with Gasteiger partial charge in [-0.3, -0.25) is 8.89 Å². The van der Waals surface area contributed by atoms with Crippen molar-refractivity contribution < 1.29 is 4.21 Å². The molecule has 1 heterocycles. The second-order valence-electron chi connectivity index (χ2n) is 2.95. The van der Waals surface area contributed by atoms with Crippen LogP contribution in [0.4, 0.5) is 0 Å². The summed E-state index contributed by atoms with van der Waals surface area (Å²) in [6, 6.07) is 1.91. The van der Waals surface area contributed by atoms with Crippen molar-refractivity contribution >= 4 is 10.8 Å². The Balaban J connectivity index is 1.97. The molecule has 0 spiro atoms. The fraction of sp³-hybridized carbons (Fsp3) is 0.667. The maximum absolute atomic E-state index is 11.1. The summed E-state index contributed by atoms with van der Waals surface area (Å²) in [5.41, 5.74) is 0. The first-order valence-electron chi connectivity index (χ1n) is 4.86. The van der Waals surface area contributed by atoms with Gasteiger partial charge in [-0.1, -0.05) is 6.92 Å². The largest absolute Gasteiger partial charge is 0.314 e. The molecule has 0 bridgehead atoms. The Kier molecular flexibility index (Phi) is 5.47. The number of nitrogens with one attached hydrogen (secondary N) is 1. The average Bonchev–Trinajstić information content (AvgIpc) is 2.69. The molecule has 0 fully saturated rings. The molecule has 0 aliphatic heterocycles. The van der Waals surface area contributed by atoms with Crippen molar-refractivity contribution in [3.05, 3.63) is 18.5 Å². The van der Waals surface area contributed by atoms with Crippen LogP contribution in [0.5, 0.6) is 0 Å². The molecule has 80 valence electrons. The molecule has 0 aromatic carbocycles. The van der Waals surface area contributed by atoms with E-state index in [0.29, 0.717) is 0 Å². The molecular formula is C9H17N3OS. The molecular weight excluding hydrogens is 198 g/mol. The van der Waals surface area contributed by atoms with Crippen molar-refractivity contribution in [2.45, 2.75) is 13.5 Å². The molecule has 1 atom stereocenters. The van der Waals surface area contributed by atoms with Crippen molar-refractivity contribution in [3.63, 3.8) is 0 Å². The van der Waals surface area contributed by atoms with Gasteiger partial charge in [0.1, 0.15) is 0 Å². The molecule has 1 N–H and O–H groups in total. The van der Waals surface area contributed by atoms with Crippen LogP contribution >= 0.6 is 0 Å². The molecule has 0 saturated heterocycles. The Hall–Kier alpha value is -0.680. The zero-order valence-corrected chi connectivity index (χ0v) is 9.30. The summed E-state index contributed by atoms with van der Waals surface area (Å²) in [4.78, 5) is 0. The van der Waals surface area contributed by atoms with Crippen molar-refractivity contribution in [3.8, 4) is 0 Å². The van der Waals surface area contributed by atoms with E-state index in [0.717, 1.165) is 31.1 Å². The highest BCUT2D eigenvalue weighted by molar-refractivity contribution is 7.84. The minimum absolute atomic E-state index is 0.652. The van der Waals surface area contributed by atoms with Crippen LogP contribution in [0, 0.1) is 0 Å². The van der Waals surface area contributed by atoms with Gasteiger partial charge in [-0.2, -0.15) is 5.10 Å². The van der Waals surface area contributed by atoms with Crippen LogP contribution in [0.2, 0.25) is 0 Å². The van der Waals surface area contributed by atoms with Crippen molar-refractivity contribution in [2.75, 3.05) is 24.6 Å². The third-order valence-corrected chi connectivity index (χ3v) is 3.21. The molecule has 0 saturated carbocycles. The average molecular weight is 215 g/mol. The van der Waals surface area contributed by atoms with Crippen LogP contribution in [0.15, 0.2) is 18.5 Å². The molecule has 1 aromatic heterocycles. The molecule has 0 amide bonds. The molecule has 0 aliphatic carbocycles. The molecule has 0 aliphatic rings. The molecule has 0 radical (unpaired) electrons. The lowest BCUT2D eigenvalue weighted by Crippen LogP contribution is -2.25. The first-order valence-corrected chi connectivity index (χ1v) is 6.35. The summed E-state index contributed by atoms with van der Waals surface area (Å²) in [5.74, 6) is 1.50. The molecule has 1 unspecified atom stereocenters. The van der Waals surface area contributed by atoms with E-state index in [4.69, 9.17) is 0 Å². The maximum atomic E-state index is 11.1. The third kappa shape index (κ3) is 4.53. The Morgan fingerprint density at radius 3 is 3.00 bits per heavy atom. The fourth-order valence-corrected chi connectivity index (χ4v) is 1.74. The molecule has 14 heavy (non-hydrogen) atoms. The third-order valence-electron chi connectivity index (χ3n) is 1.91. The summed E-state index contributed by atoms with van der Waals surface area (Å²) in [5, 5.41) is 7.32. The van der Waals surface area contributed by atoms with E-state index >= 15 is 0 Å². The molecule has 1 aromatic rings. The van der Waals surface area contributed by atoms with E-state index in [9.17, 15) is 4.21 Å². The van der Waals surface area contributed by atoms with Crippen LogP contribution in [0.25, 0.3) is 0 Å². The highest BCUT2D eigenvalue weighted by Crippen LogP contribution is 1.83. The zero-order valence-electron chi connectivity index (χ0n) is 8.48. The van der Waals surface area contributed by atoms with E-state index in [-0.39, 0.29) is 0 Å². The minimum Gasteiger partial charge on any atom is -0.314 e. The van der Waals surface area contributed by atoms with Gasteiger partial charge in [-0.25, -0.2) is 0 Å². The van der Waals surface area contributed by atoms with Crippen LogP contribution in [0.1, 0.15) is 6.92 Å². The smallest absolute Gasteiger partial charge is 0.0533 e. The number of nitrogens with zero attached hydrogens (tertiary/aromatic N) is 2. The lowest BCUT2D eigenvalue weighted by molar-refractivity contribution is 0.565. The lowest BCUT2D eigenvalue weighted by Gasteiger charge is -2.04. The highest BCUT2D eigenvalue weighted by atomic mass is 32.2. The summed E-state index contributed by atoms with van der Waals surface area (Å²) in [6.45, 7) is 4.51. The first kappa shape index (κ1) is 11.4. The minimum atomic E-state index is -0.652. The van der Waals surface area contributed by atoms with Gasteiger partial charge < -0.3 is 5.32 Å². The predicted octanol–water partition coefficient (Wildman–Crippen LogP) is 0.241. The SMILES string of the molecule is CCS(=O)CCNCCn1cccn1. The molecule has 1 rings (SSSR count). The van der Waals surface area contributed by atoms with E-state index in [1.54, 1.807) is 6.20 Å². The monoisotopic (exact) mass is 215 g/mol. The van der Waals surface area contributed by atoms with Gasteiger partial charge in [0.05, 0.1) is 6.54 Å². The van der Waals surface area contributed by atoms with Crippen LogP contribution in [-0.2, 0) is 17.3 Å². The summed E-state index contributed by atoms with van der Waals surface area (Å²) in [6.07, 6.45) is 3.71. The lowest BCUT2D eigenvalue weighted by atomic mass is 10.6. The quantitative estimate of drug-likeness (QED) is 0.663. The van der Waals surface area contributed by atoms with Crippen LogP contribution in [-0.4, -0.2) is 38.6 Å². The van der Waals surface area contributed by atoms with Crippen molar-refractivity contribution in [2.24, 2.45) is 0 Å². The predicted molar refractivity (Wildman–Crippen MR) is 58.6 cm³/mol. The highest BCUT2D eigenvalue weighted by Gasteiger charge is 1.95. The van der Waals surface area contributed by atoms with Gasteiger partial charge in [0, 0.05) is 47.8 Å². The summed E-state index contributed by atoms with van der Waals surface area (Å²) < 4.78 is 12.9. The van der Waals surface area contributed by atoms with E-state index in [2.05, 4.69) is 10.4 Å². The second kappa shape index (κ2) is 6.73. The van der Waals surface area contributed by atoms with Gasteiger partial charge in [-0.15, -0.1) is 0 Å². The van der Waals surface area contributed by atoms with Gasteiger partial charge in [0.15, 0.2) is 0 Å². The summed E-state index contributed by atoms with van der Waals surface area (Å²) in [7, 11) is -0.652. The number of aromatic nitrogens is 2. The molecule has 4 nitrogen and oxygen atoms in total. The van der Waals surface area contributed by atoms with Gasteiger partial charge >= 0.3 is 0 Å². The van der Waals surface area contributed by atoms with Crippen LogP contribution < -0.4 is 5.32 Å². The Labute approximate surface area is 87.2 Å². The Bertz CT molecular complexity index is 261. The standard InChI is InChI=1S/C9H17N3OS/c1-2-14(13)9-6-10-5-8-12-7-3-4-11-12/h3-4,7,10H,2,5-6,8-9H2,1H3. The maximum Gasteiger partial charge on any atom is 0.0533 e. The van der Waals surface area contributed by atoms with Crippen molar-refractivity contribution in [1.82, 2.24) is 15.1 Å². The van der Waals surface area contributed by atoms with Gasteiger partial charge in [0.2, 0.25) is 0 Å². The Morgan fingerprint density at radius 1 is 1.50 bits per heavy atom. The van der Waals surface area contributed by atoms with Gasteiger partial charge in [-0.05, 0) is 6.07 Å². The first-order chi connectivity index (χ1) is 6.83. The second-order valence-corrected chi connectivity index (χ2v) is 4.82. The fourth-order valence-electron chi connectivity index (χ4n) is 1.08. The zero-order chi connectivity index (χ0) is 10.2. The van der Waals surface area contributed by atoms with Crippen LogP contribution in [0.3, 0.4) is 0 Å². The summed E-state index contributed by atoms with van der Waals surface area (Å²) >= 11 is 0. The number of rotatable bonds is 7. The van der Waals surface area contributed by atoms with E-state index in [1.807, 2.05) is 23.9 Å². The Morgan fingerprint density at radius 2 is 2.36 bits per heavy atom. The molecule has 5 heteroatoms. The number of hydrogen-bond acceptors (Lipinski definition) is 3. The van der Waals surface area contributed by atoms with Gasteiger partial charge in [0.25, 0.3) is 0 Å². The van der Waals surface area contributed by atoms with E-state index < -0.39 is 10.8 Å². The normalized spacial score (nSPS) is 12.9.